The normalized spacial score (nSPS) is 10.3. The predicted molar refractivity (Wildman–Crippen MR) is 90.3 cm³/mol. The highest BCUT2D eigenvalue weighted by Gasteiger charge is 2.05. The lowest BCUT2D eigenvalue weighted by Crippen LogP contribution is -2.23. The van der Waals surface area contributed by atoms with E-state index >= 15 is 0 Å². The van der Waals surface area contributed by atoms with E-state index in [1.54, 1.807) is 14.2 Å². The molecular formula is C19H23NO3. The number of methoxy groups -OCH3 is 2. The topological polar surface area (TPSA) is 47.6 Å². The maximum atomic E-state index is 12.0. The molecule has 4 nitrogen and oxygen atoms in total. The molecule has 0 aromatic heterocycles. The summed E-state index contributed by atoms with van der Waals surface area (Å²) in [6.07, 6.45) is 1.19. The van der Waals surface area contributed by atoms with Gasteiger partial charge in [0.05, 0.1) is 13.7 Å². The summed E-state index contributed by atoms with van der Waals surface area (Å²) in [5.74, 6) is 0.876. The maximum Gasteiger partial charge on any atom is 0.220 e. The van der Waals surface area contributed by atoms with Crippen molar-refractivity contribution in [3.8, 4) is 5.75 Å². The Morgan fingerprint density at radius 3 is 2.35 bits per heavy atom. The van der Waals surface area contributed by atoms with Crippen LogP contribution in [0.5, 0.6) is 5.75 Å². The van der Waals surface area contributed by atoms with Crippen LogP contribution in [0.2, 0.25) is 0 Å². The van der Waals surface area contributed by atoms with Gasteiger partial charge in [0.2, 0.25) is 5.91 Å². The van der Waals surface area contributed by atoms with Gasteiger partial charge in [-0.05, 0) is 35.2 Å². The number of aryl methyl sites for hydroxylation is 1. The minimum Gasteiger partial charge on any atom is -0.497 e. The Morgan fingerprint density at radius 1 is 1.00 bits per heavy atom. The number of nitrogens with one attached hydrogen (secondary N) is 1. The molecule has 0 unspecified atom stereocenters. The van der Waals surface area contributed by atoms with Gasteiger partial charge in [0.15, 0.2) is 0 Å². The number of benzene rings is 2. The molecule has 0 atom stereocenters. The monoisotopic (exact) mass is 313 g/mol. The first-order valence-corrected chi connectivity index (χ1v) is 7.68. The van der Waals surface area contributed by atoms with Crippen molar-refractivity contribution < 1.29 is 14.3 Å². The minimum absolute atomic E-state index is 0.0491. The van der Waals surface area contributed by atoms with E-state index in [0.717, 1.165) is 28.9 Å². The summed E-state index contributed by atoms with van der Waals surface area (Å²) in [6.45, 7) is 1.08. The van der Waals surface area contributed by atoms with Crippen molar-refractivity contribution >= 4 is 5.91 Å². The lowest BCUT2D eigenvalue weighted by Gasteiger charge is -2.10. The highest BCUT2D eigenvalue weighted by molar-refractivity contribution is 5.76. The van der Waals surface area contributed by atoms with Crippen LogP contribution in [-0.4, -0.2) is 20.1 Å². The third kappa shape index (κ3) is 5.42. The van der Waals surface area contributed by atoms with Crippen LogP contribution >= 0.6 is 0 Å². The number of hydrogen-bond acceptors (Lipinski definition) is 3. The summed E-state index contributed by atoms with van der Waals surface area (Å²) >= 11 is 0. The quantitative estimate of drug-likeness (QED) is 0.814. The summed E-state index contributed by atoms with van der Waals surface area (Å²) in [7, 11) is 3.31. The molecular weight excluding hydrogens is 290 g/mol. The second-order valence-corrected chi connectivity index (χ2v) is 5.33. The van der Waals surface area contributed by atoms with Crippen LogP contribution in [0.3, 0.4) is 0 Å². The Balaban J connectivity index is 1.81. The summed E-state index contributed by atoms with van der Waals surface area (Å²) in [4.78, 5) is 12.0. The van der Waals surface area contributed by atoms with Crippen LogP contribution < -0.4 is 10.1 Å². The molecule has 2 aromatic carbocycles. The molecule has 0 fully saturated rings. The summed E-state index contributed by atoms with van der Waals surface area (Å²) < 4.78 is 10.3. The van der Waals surface area contributed by atoms with E-state index in [1.807, 2.05) is 48.5 Å². The van der Waals surface area contributed by atoms with Gasteiger partial charge in [-0.2, -0.15) is 0 Å². The lowest BCUT2D eigenvalue weighted by atomic mass is 10.1. The van der Waals surface area contributed by atoms with Gasteiger partial charge in [-0.15, -0.1) is 0 Å². The first kappa shape index (κ1) is 17.0. The molecule has 0 bridgehead atoms. The first-order valence-electron chi connectivity index (χ1n) is 7.68. The van der Waals surface area contributed by atoms with E-state index in [-0.39, 0.29) is 5.91 Å². The van der Waals surface area contributed by atoms with Gasteiger partial charge in [0, 0.05) is 20.1 Å². The highest BCUT2D eigenvalue weighted by Crippen LogP contribution is 2.13. The molecule has 0 aliphatic carbocycles. The number of ether oxygens (including phenoxy) is 2. The van der Waals surface area contributed by atoms with Crippen LogP contribution in [0.4, 0.5) is 0 Å². The molecule has 2 aromatic rings. The molecule has 2 rings (SSSR count). The third-order valence-electron chi connectivity index (χ3n) is 3.69. The van der Waals surface area contributed by atoms with E-state index in [0.29, 0.717) is 19.6 Å². The standard InChI is InChI=1S/C19H23NO3/c1-22-14-17-6-4-3-5-16(17)13-20-19(21)12-9-15-7-10-18(23-2)11-8-15/h3-8,10-11H,9,12-14H2,1-2H3,(H,20,21). The van der Waals surface area contributed by atoms with E-state index in [9.17, 15) is 4.79 Å². The molecule has 0 spiro atoms. The van der Waals surface area contributed by atoms with Crippen molar-refractivity contribution in [2.45, 2.75) is 26.0 Å². The van der Waals surface area contributed by atoms with Crippen molar-refractivity contribution in [1.29, 1.82) is 0 Å². The average molecular weight is 313 g/mol. The summed E-state index contributed by atoms with van der Waals surface area (Å²) in [5, 5.41) is 2.97. The zero-order valence-corrected chi connectivity index (χ0v) is 13.7. The molecule has 1 N–H and O–H groups in total. The SMILES string of the molecule is COCc1ccccc1CNC(=O)CCc1ccc(OC)cc1. The highest BCUT2D eigenvalue weighted by atomic mass is 16.5. The van der Waals surface area contributed by atoms with Crippen molar-refractivity contribution in [3.63, 3.8) is 0 Å². The zero-order valence-electron chi connectivity index (χ0n) is 13.7. The zero-order chi connectivity index (χ0) is 16.5. The Kier molecular flexibility index (Phi) is 6.63. The molecule has 0 saturated carbocycles. The van der Waals surface area contributed by atoms with Gasteiger partial charge in [-0.25, -0.2) is 0 Å². The molecule has 122 valence electrons. The van der Waals surface area contributed by atoms with E-state index in [2.05, 4.69) is 5.32 Å². The van der Waals surface area contributed by atoms with Gasteiger partial charge in [-0.1, -0.05) is 36.4 Å². The second-order valence-electron chi connectivity index (χ2n) is 5.33. The maximum absolute atomic E-state index is 12.0. The van der Waals surface area contributed by atoms with E-state index in [1.165, 1.54) is 0 Å². The minimum atomic E-state index is 0.0491. The van der Waals surface area contributed by atoms with Crippen molar-refractivity contribution in [3.05, 3.63) is 65.2 Å². The van der Waals surface area contributed by atoms with Crippen molar-refractivity contribution in [1.82, 2.24) is 5.32 Å². The molecule has 0 aliphatic heterocycles. The van der Waals surface area contributed by atoms with Crippen LogP contribution in [0.25, 0.3) is 0 Å². The molecule has 4 heteroatoms. The van der Waals surface area contributed by atoms with Gasteiger partial charge in [-0.3, -0.25) is 4.79 Å². The molecule has 23 heavy (non-hydrogen) atoms. The fraction of sp³-hybridized carbons (Fsp3) is 0.316. The predicted octanol–water partition coefficient (Wildman–Crippen LogP) is 3.09. The molecule has 1 amide bonds. The van der Waals surface area contributed by atoms with Crippen LogP contribution in [0.15, 0.2) is 48.5 Å². The fourth-order valence-corrected chi connectivity index (χ4v) is 2.36. The summed E-state index contributed by atoms with van der Waals surface area (Å²) in [5.41, 5.74) is 3.32. The third-order valence-corrected chi connectivity index (χ3v) is 3.69. The van der Waals surface area contributed by atoms with Gasteiger partial charge in [0.1, 0.15) is 5.75 Å². The van der Waals surface area contributed by atoms with Crippen molar-refractivity contribution in [2.24, 2.45) is 0 Å². The van der Waals surface area contributed by atoms with E-state index in [4.69, 9.17) is 9.47 Å². The van der Waals surface area contributed by atoms with Gasteiger partial charge in [0.25, 0.3) is 0 Å². The number of carbonyl (C=O) groups is 1. The molecule has 0 aliphatic rings. The largest absolute Gasteiger partial charge is 0.497 e. The van der Waals surface area contributed by atoms with Crippen LogP contribution in [-0.2, 0) is 29.1 Å². The lowest BCUT2D eigenvalue weighted by molar-refractivity contribution is -0.121. The Bertz CT molecular complexity index is 623. The average Bonchev–Trinajstić information content (AvgIpc) is 2.60. The molecule has 0 radical (unpaired) electrons. The number of carbonyl (C=O) groups excluding carboxylic acids is 1. The second kappa shape index (κ2) is 8.96. The number of amides is 1. The van der Waals surface area contributed by atoms with Crippen molar-refractivity contribution in [2.75, 3.05) is 14.2 Å². The van der Waals surface area contributed by atoms with Gasteiger partial charge >= 0.3 is 0 Å². The summed E-state index contributed by atoms with van der Waals surface area (Å²) in [6, 6.07) is 15.8. The smallest absolute Gasteiger partial charge is 0.220 e. The molecule has 0 saturated heterocycles. The number of rotatable bonds is 8. The van der Waals surface area contributed by atoms with E-state index < -0.39 is 0 Å². The molecule has 0 heterocycles. The fourth-order valence-electron chi connectivity index (χ4n) is 2.36. The van der Waals surface area contributed by atoms with Crippen LogP contribution in [0, 0.1) is 0 Å². The Hall–Kier alpha value is -2.33. The number of hydrogen-bond donors (Lipinski definition) is 1. The van der Waals surface area contributed by atoms with Crippen LogP contribution in [0.1, 0.15) is 23.1 Å². The Labute approximate surface area is 137 Å². The first-order chi connectivity index (χ1) is 11.2. The van der Waals surface area contributed by atoms with Gasteiger partial charge < -0.3 is 14.8 Å². The Morgan fingerprint density at radius 2 is 1.70 bits per heavy atom.